The Morgan fingerprint density at radius 1 is 1.10 bits per heavy atom. The molecule has 1 aromatic heterocycles. The maximum Gasteiger partial charge on any atom is 0.243 e. The average molecular weight is 428 g/mol. The number of hydrogen-bond acceptors (Lipinski definition) is 5. The number of amides is 1. The van der Waals surface area contributed by atoms with Crippen molar-refractivity contribution in [2.45, 2.75) is 13.5 Å². The van der Waals surface area contributed by atoms with E-state index in [9.17, 15) is 13.6 Å². The molecule has 0 spiro atoms. The monoisotopic (exact) mass is 428 g/mol. The third kappa shape index (κ3) is 5.48. The summed E-state index contributed by atoms with van der Waals surface area (Å²) in [6, 6.07) is 14.3. The molecule has 0 aliphatic rings. The molecule has 2 aromatic carbocycles. The number of nitrogens with zero attached hydrogens (tertiary/aromatic N) is 2. The fraction of sp³-hybridized carbons (Fsp3) is 0.217. The van der Waals surface area contributed by atoms with Gasteiger partial charge in [0.05, 0.1) is 13.7 Å². The lowest BCUT2D eigenvalue weighted by atomic mass is 10.1. The van der Waals surface area contributed by atoms with Crippen LogP contribution in [0.4, 0.5) is 14.5 Å². The van der Waals surface area contributed by atoms with E-state index in [1.807, 2.05) is 0 Å². The highest BCUT2D eigenvalue weighted by Gasteiger charge is 2.21. The quantitative estimate of drug-likeness (QED) is 0.484. The van der Waals surface area contributed by atoms with Gasteiger partial charge >= 0.3 is 0 Å². The Morgan fingerprint density at radius 3 is 2.61 bits per heavy atom. The number of rotatable bonds is 9. The van der Waals surface area contributed by atoms with Crippen LogP contribution in [0.3, 0.4) is 0 Å². The molecule has 0 radical (unpaired) electrons. The highest BCUT2D eigenvalue weighted by molar-refractivity contribution is 5.92. The standard InChI is InChI=1S/C23H22F2N2O4/c1-16(28)27(15-17-14-18(29-2)9-10-21(17)30-13-11-24)20-7-5-12-26-23(20)31-22-8-4-3-6-19(22)25/h3-10,12,14H,11,13,15H2,1-2H3. The molecule has 0 unspecified atom stereocenters. The number of alkyl halides is 1. The van der Waals surface area contributed by atoms with Gasteiger partial charge in [-0.1, -0.05) is 12.1 Å². The van der Waals surface area contributed by atoms with Crippen molar-refractivity contribution in [1.82, 2.24) is 4.98 Å². The maximum atomic E-state index is 14.1. The molecule has 3 aromatic rings. The number of methoxy groups -OCH3 is 1. The van der Waals surface area contributed by atoms with Gasteiger partial charge in [0.2, 0.25) is 11.8 Å². The zero-order valence-corrected chi connectivity index (χ0v) is 17.2. The Balaban J connectivity index is 1.97. The van der Waals surface area contributed by atoms with Gasteiger partial charge in [-0.15, -0.1) is 0 Å². The SMILES string of the molecule is COc1ccc(OCCF)c(CN(C(C)=O)c2cccnc2Oc2ccccc2F)c1. The highest BCUT2D eigenvalue weighted by Crippen LogP contribution is 2.34. The molecule has 0 aliphatic heterocycles. The zero-order chi connectivity index (χ0) is 22.2. The molecule has 0 N–H and O–H groups in total. The van der Waals surface area contributed by atoms with E-state index in [1.165, 1.54) is 37.3 Å². The Bertz CT molecular complexity index is 1050. The van der Waals surface area contributed by atoms with Crippen LogP contribution in [-0.2, 0) is 11.3 Å². The number of benzene rings is 2. The minimum Gasteiger partial charge on any atom is -0.497 e. The minimum atomic E-state index is -0.648. The van der Waals surface area contributed by atoms with Crippen molar-refractivity contribution in [3.63, 3.8) is 0 Å². The van der Waals surface area contributed by atoms with Crippen LogP contribution in [0.1, 0.15) is 12.5 Å². The van der Waals surface area contributed by atoms with Crippen LogP contribution < -0.4 is 19.1 Å². The van der Waals surface area contributed by atoms with E-state index in [-0.39, 0.29) is 30.7 Å². The molecule has 0 fully saturated rings. The van der Waals surface area contributed by atoms with Crippen LogP contribution in [0, 0.1) is 5.82 Å². The summed E-state index contributed by atoms with van der Waals surface area (Å²) in [5.41, 5.74) is 0.946. The van der Waals surface area contributed by atoms with Gasteiger partial charge in [-0.2, -0.15) is 0 Å². The molecule has 1 amide bonds. The van der Waals surface area contributed by atoms with E-state index in [0.717, 1.165) is 0 Å². The number of aromatic nitrogens is 1. The van der Waals surface area contributed by atoms with Crippen molar-refractivity contribution >= 4 is 11.6 Å². The first-order chi connectivity index (χ1) is 15.0. The van der Waals surface area contributed by atoms with Crippen molar-refractivity contribution < 1.29 is 27.8 Å². The predicted molar refractivity (Wildman–Crippen MR) is 112 cm³/mol. The summed E-state index contributed by atoms with van der Waals surface area (Å²) in [6.45, 7) is 0.703. The number of pyridine rings is 1. The molecule has 0 aliphatic carbocycles. The topological polar surface area (TPSA) is 60.9 Å². The van der Waals surface area contributed by atoms with Gasteiger partial charge in [0, 0.05) is 18.7 Å². The fourth-order valence-corrected chi connectivity index (χ4v) is 2.93. The van der Waals surface area contributed by atoms with Crippen molar-refractivity contribution in [3.8, 4) is 23.1 Å². The van der Waals surface area contributed by atoms with Crippen LogP contribution in [0.2, 0.25) is 0 Å². The Kier molecular flexibility index (Phi) is 7.37. The third-order valence-electron chi connectivity index (χ3n) is 4.40. The number of para-hydroxylation sites is 1. The smallest absolute Gasteiger partial charge is 0.243 e. The second kappa shape index (κ2) is 10.4. The first-order valence-corrected chi connectivity index (χ1v) is 9.54. The Morgan fingerprint density at radius 2 is 1.90 bits per heavy atom. The van der Waals surface area contributed by atoms with Crippen molar-refractivity contribution in [1.29, 1.82) is 0 Å². The second-order valence-electron chi connectivity index (χ2n) is 6.48. The third-order valence-corrected chi connectivity index (χ3v) is 4.40. The van der Waals surface area contributed by atoms with E-state index in [4.69, 9.17) is 14.2 Å². The van der Waals surface area contributed by atoms with E-state index in [1.54, 1.807) is 42.5 Å². The molecular formula is C23H22F2N2O4. The largest absolute Gasteiger partial charge is 0.497 e. The van der Waals surface area contributed by atoms with E-state index >= 15 is 0 Å². The van der Waals surface area contributed by atoms with Gasteiger partial charge in [-0.25, -0.2) is 13.8 Å². The normalized spacial score (nSPS) is 10.5. The minimum absolute atomic E-state index is 0.0145. The average Bonchev–Trinajstić information content (AvgIpc) is 2.78. The van der Waals surface area contributed by atoms with Gasteiger partial charge in [-0.05, 0) is 42.5 Å². The Labute approximate surface area is 179 Å². The van der Waals surface area contributed by atoms with Crippen LogP contribution >= 0.6 is 0 Å². The number of anilines is 1. The van der Waals surface area contributed by atoms with Gasteiger partial charge in [0.1, 0.15) is 30.5 Å². The number of carbonyl (C=O) groups excluding carboxylic acids is 1. The molecule has 0 saturated carbocycles. The van der Waals surface area contributed by atoms with Crippen LogP contribution in [-0.4, -0.2) is 31.3 Å². The van der Waals surface area contributed by atoms with Crippen LogP contribution in [0.5, 0.6) is 23.1 Å². The first-order valence-electron chi connectivity index (χ1n) is 9.54. The number of halogens is 2. The predicted octanol–water partition coefficient (Wildman–Crippen LogP) is 4.92. The fourth-order valence-electron chi connectivity index (χ4n) is 2.93. The molecule has 162 valence electrons. The summed E-state index contributed by atoms with van der Waals surface area (Å²) in [6.07, 6.45) is 1.49. The molecule has 0 bridgehead atoms. The summed E-state index contributed by atoms with van der Waals surface area (Å²) < 4.78 is 43.1. The van der Waals surface area contributed by atoms with E-state index in [0.29, 0.717) is 22.7 Å². The summed E-state index contributed by atoms with van der Waals surface area (Å²) in [4.78, 5) is 18.1. The summed E-state index contributed by atoms with van der Waals surface area (Å²) >= 11 is 0. The lowest BCUT2D eigenvalue weighted by Crippen LogP contribution is -2.28. The molecule has 1 heterocycles. The van der Waals surface area contributed by atoms with Crippen LogP contribution in [0.15, 0.2) is 60.8 Å². The number of hydrogen-bond donors (Lipinski definition) is 0. The van der Waals surface area contributed by atoms with E-state index in [2.05, 4.69) is 4.98 Å². The molecule has 8 heteroatoms. The highest BCUT2D eigenvalue weighted by atomic mass is 19.1. The van der Waals surface area contributed by atoms with Gasteiger partial charge in [0.25, 0.3) is 0 Å². The molecule has 31 heavy (non-hydrogen) atoms. The maximum absolute atomic E-state index is 14.1. The van der Waals surface area contributed by atoms with Crippen molar-refractivity contribution in [2.75, 3.05) is 25.3 Å². The van der Waals surface area contributed by atoms with Crippen molar-refractivity contribution in [2.24, 2.45) is 0 Å². The zero-order valence-electron chi connectivity index (χ0n) is 17.2. The molecule has 6 nitrogen and oxygen atoms in total. The van der Waals surface area contributed by atoms with E-state index < -0.39 is 12.5 Å². The lowest BCUT2D eigenvalue weighted by Gasteiger charge is -2.24. The summed E-state index contributed by atoms with van der Waals surface area (Å²) in [5, 5.41) is 0. The summed E-state index contributed by atoms with van der Waals surface area (Å²) in [5.74, 6) is 0.176. The molecule has 0 atom stereocenters. The van der Waals surface area contributed by atoms with Crippen molar-refractivity contribution in [3.05, 3.63) is 72.2 Å². The van der Waals surface area contributed by atoms with Crippen LogP contribution in [0.25, 0.3) is 0 Å². The number of ether oxygens (including phenoxy) is 3. The molecule has 0 saturated heterocycles. The molecular weight excluding hydrogens is 406 g/mol. The Hall–Kier alpha value is -3.68. The summed E-state index contributed by atoms with van der Waals surface area (Å²) in [7, 11) is 1.52. The van der Waals surface area contributed by atoms with Gasteiger partial charge < -0.3 is 19.1 Å². The van der Waals surface area contributed by atoms with Gasteiger partial charge in [-0.3, -0.25) is 4.79 Å². The van der Waals surface area contributed by atoms with Gasteiger partial charge in [0.15, 0.2) is 11.6 Å². The lowest BCUT2D eigenvalue weighted by molar-refractivity contribution is -0.116. The molecule has 3 rings (SSSR count). The second-order valence-corrected chi connectivity index (χ2v) is 6.48. The number of carbonyl (C=O) groups is 1. The first kappa shape index (κ1) is 22.0.